The summed E-state index contributed by atoms with van der Waals surface area (Å²) in [5, 5.41) is 1.90. The van der Waals surface area contributed by atoms with Crippen molar-refractivity contribution in [1.82, 2.24) is 4.90 Å². The number of sulfone groups is 1. The quantitative estimate of drug-likeness (QED) is 0.856. The van der Waals surface area contributed by atoms with Crippen LogP contribution in [0.5, 0.6) is 0 Å². The van der Waals surface area contributed by atoms with Gasteiger partial charge in [-0.1, -0.05) is 6.92 Å². The Kier molecular flexibility index (Phi) is 4.30. The first-order valence-electron chi connectivity index (χ1n) is 6.50. The molecule has 0 radical (unpaired) electrons. The van der Waals surface area contributed by atoms with E-state index in [0.29, 0.717) is 13.0 Å². The zero-order valence-electron chi connectivity index (χ0n) is 11.3. The number of nitrogens with zero attached hydrogens (tertiary/aromatic N) is 1. The lowest BCUT2D eigenvalue weighted by Gasteiger charge is -2.27. The van der Waals surface area contributed by atoms with Crippen molar-refractivity contribution in [2.45, 2.75) is 32.7 Å². The number of carbonyl (C=O) groups is 1. The van der Waals surface area contributed by atoms with E-state index in [1.54, 1.807) is 4.90 Å². The SMILES string of the molecule is CCCN(C(=O)c1sccc1C)C1CCS(=O)(=O)C1. The average Bonchev–Trinajstić information content (AvgIpc) is 2.91. The monoisotopic (exact) mass is 301 g/mol. The third kappa shape index (κ3) is 3.17. The van der Waals surface area contributed by atoms with Crippen LogP contribution in [0.4, 0.5) is 0 Å². The molecule has 0 bridgehead atoms. The van der Waals surface area contributed by atoms with E-state index in [4.69, 9.17) is 0 Å². The molecular formula is C13H19NO3S2. The zero-order valence-corrected chi connectivity index (χ0v) is 12.9. The summed E-state index contributed by atoms with van der Waals surface area (Å²) >= 11 is 1.43. The van der Waals surface area contributed by atoms with Gasteiger partial charge < -0.3 is 4.90 Å². The Balaban J connectivity index is 2.21. The van der Waals surface area contributed by atoms with E-state index < -0.39 is 9.84 Å². The van der Waals surface area contributed by atoms with E-state index in [1.807, 2.05) is 25.3 Å². The summed E-state index contributed by atoms with van der Waals surface area (Å²) in [6.45, 7) is 4.54. The molecule has 19 heavy (non-hydrogen) atoms. The molecule has 1 aliphatic rings. The molecule has 1 saturated heterocycles. The van der Waals surface area contributed by atoms with Gasteiger partial charge in [0, 0.05) is 12.6 Å². The minimum atomic E-state index is -2.96. The van der Waals surface area contributed by atoms with Crippen LogP contribution in [0.25, 0.3) is 0 Å². The van der Waals surface area contributed by atoms with Crippen LogP contribution in [-0.4, -0.2) is 43.3 Å². The molecule has 2 heterocycles. The third-order valence-corrected chi connectivity index (χ3v) is 6.19. The maximum Gasteiger partial charge on any atom is 0.264 e. The molecule has 0 spiro atoms. The molecule has 0 aromatic carbocycles. The lowest BCUT2D eigenvalue weighted by atomic mass is 10.2. The molecule has 0 aliphatic carbocycles. The molecule has 1 unspecified atom stereocenters. The molecule has 1 fully saturated rings. The lowest BCUT2D eigenvalue weighted by Crippen LogP contribution is -2.41. The van der Waals surface area contributed by atoms with E-state index in [0.717, 1.165) is 16.9 Å². The number of carbonyl (C=O) groups excluding carboxylic acids is 1. The summed E-state index contributed by atoms with van der Waals surface area (Å²) in [4.78, 5) is 15.0. The van der Waals surface area contributed by atoms with Gasteiger partial charge in [-0.3, -0.25) is 4.79 Å². The van der Waals surface area contributed by atoms with Gasteiger partial charge in [0.25, 0.3) is 5.91 Å². The van der Waals surface area contributed by atoms with Crippen molar-refractivity contribution in [1.29, 1.82) is 0 Å². The lowest BCUT2D eigenvalue weighted by molar-refractivity contribution is 0.0701. The Labute approximate surface area is 118 Å². The molecule has 106 valence electrons. The number of aryl methyl sites for hydroxylation is 1. The second kappa shape index (κ2) is 5.63. The second-order valence-electron chi connectivity index (χ2n) is 4.99. The van der Waals surface area contributed by atoms with Crippen molar-refractivity contribution in [2.75, 3.05) is 18.1 Å². The minimum absolute atomic E-state index is 0.0172. The largest absolute Gasteiger partial charge is 0.334 e. The number of amides is 1. The van der Waals surface area contributed by atoms with Gasteiger partial charge in [-0.2, -0.15) is 0 Å². The van der Waals surface area contributed by atoms with Crippen molar-refractivity contribution in [2.24, 2.45) is 0 Å². The van der Waals surface area contributed by atoms with Crippen LogP contribution in [0.3, 0.4) is 0 Å². The van der Waals surface area contributed by atoms with Gasteiger partial charge >= 0.3 is 0 Å². The van der Waals surface area contributed by atoms with Crippen LogP contribution < -0.4 is 0 Å². The molecule has 1 aromatic rings. The number of rotatable bonds is 4. The van der Waals surface area contributed by atoms with Gasteiger partial charge in [0.15, 0.2) is 9.84 Å². The highest BCUT2D eigenvalue weighted by atomic mass is 32.2. The minimum Gasteiger partial charge on any atom is -0.334 e. The first kappa shape index (κ1) is 14.5. The molecule has 1 atom stereocenters. The van der Waals surface area contributed by atoms with Crippen molar-refractivity contribution >= 4 is 27.1 Å². The third-order valence-electron chi connectivity index (χ3n) is 3.43. The Bertz CT molecular complexity index is 562. The molecule has 1 amide bonds. The van der Waals surface area contributed by atoms with Crippen LogP contribution in [0, 0.1) is 6.92 Å². The number of thiophene rings is 1. The fourth-order valence-corrected chi connectivity index (χ4v) is 5.05. The van der Waals surface area contributed by atoms with Gasteiger partial charge in [0.05, 0.1) is 16.4 Å². The molecule has 2 rings (SSSR count). The summed E-state index contributed by atoms with van der Waals surface area (Å²) in [6, 6.07) is 1.77. The van der Waals surface area contributed by atoms with Gasteiger partial charge in [0.1, 0.15) is 0 Å². The smallest absolute Gasteiger partial charge is 0.264 e. The number of hydrogen-bond acceptors (Lipinski definition) is 4. The first-order valence-corrected chi connectivity index (χ1v) is 9.20. The van der Waals surface area contributed by atoms with Crippen LogP contribution in [0.1, 0.15) is 35.0 Å². The first-order chi connectivity index (χ1) is 8.94. The summed E-state index contributed by atoms with van der Waals surface area (Å²) in [5.41, 5.74) is 0.969. The molecule has 0 N–H and O–H groups in total. The van der Waals surface area contributed by atoms with E-state index in [1.165, 1.54) is 11.3 Å². The van der Waals surface area contributed by atoms with E-state index in [2.05, 4.69) is 0 Å². The maximum absolute atomic E-state index is 12.6. The molecule has 0 saturated carbocycles. The fraction of sp³-hybridized carbons (Fsp3) is 0.615. The average molecular weight is 301 g/mol. The van der Waals surface area contributed by atoms with Crippen LogP contribution in [-0.2, 0) is 9.84 Å². The standard InChI is InChI=1S/C13H19NO3S2/c1-3-6-14(11-5-8-19(16,17)9-11)13(15)12-10(2)4-7-18-12/h4,7,11H,3,5-6,8-9H2,1-2H3. The van der Waals surface area contributed by atoms with Gasteiger partial charge in [-0.15, -0.1) is 11.3 Å². The fourth-order valence-electron chi connectivity index (χ4n) is 2.43. The van der Waals surface area contributed by atoms with Crippen molar-refractivity contribution in [3.05, 3.63) is 21.9 Å². The Morgan fingerprint density at radius 2 is 2.26 bits per heavy atom. The molecular weight excluding hydrogens is 282 g/mol. The van der Waals surface area contributed by atoms with Crippen molar-refractivity contribution in [3.8, 4) is 0 Å². The summed E-state index contributed by atoms with van der Waals surface area (Å²) in [5.74, 6) is 0.300. The predicted molar refractivity (Wildman–Crippen MR) is 77.4 cm³/mol. The molecule has 1 aromatic heterocycles. The normalized spacial score (nSPS) is 21.5. The van der Waals surface area contributed by atoms with Gasteiger partial charge in [0.2, 0.25) is 0 Å². The zero-order chi connectivity index (χ0) is 14.0. The summed E-state index contributed by atoms with van der Waals surface area (Å²) < 4.78 is 23.2. The Morgan fingerprint density at radius 1 is 1.53 bits per heavy atom. The Morgan fingerprint density at radius 3 is 2.74 bits per heavy atom. The summed E-state index contributed by atoms with van der Waals surface area (Å²) in [6.07, 6.45) is 1.41. The van der Waals surface area contributed by atoms with E-state index >= 15 is 0 Å². The molecule has 6 heteroatoms. The topological polar surface area (TPSA) is 54.5 Å². The van der Waals surface area contributed by atoms with Crippen LogP contribution >= 0.6 is 11.3 Å². The van der Waals surface area contributed by atoms with Crippen LogP contribution in [0.15, 0.2) is 11.4 Å². The molecule has 1 aliphatic heterocycles. The maximum atomic E-state index is 12.6. The molecule has 4 nitrogen and oxygen atoms in total. The van der Waals surface area contributed by atoms with Crippen molar-refractivity contribution in [3.63, 3.8) is 0 Å². The number of hydrogen-bond donors (Lipinski definition) is 0. The highest BCUT2D eigenvalue weighted by Gasteiger charge is 2.35. The highest BCUT2D eigenvalue weighted by Crippen LogP contribution is 2.24. The summed E-state index contributed by atoms with van der Waals surface area (Å²) in [7, 11) is -2.96. The van der Waals surface area contributed by atoms with E-state index in [9.17, 15) is 13.2 Å². The van der Waals surface area contributed by atoms with E-state index in [-0.39, 0.29) is 23.5 Å². The van der Waals surface area contributed by atoms with Crippen LogP contribution in [0.2, 0.25) is 0 Å². The Hall–Kier alpha value is -0.880. The van der Waals surface area contributed by atoms with Crippen molar-refractivity contribution < 1.29 is 13.2 Å². The van der Waals surface area contributed by atoms with Gasteiger partial charge in [-0.25, -0.2) is 8.42 Å². The highest BCUT2D eigenvalue weighted by molar-refractivity contribution is 7.91. The second-order valence-corrected chi connectivity index (χ2v) is 8.13. The van der Waals surface area contributed by atoms with Gasteiger partial charge in [-0.05, 0) is 36.8 Å². The predicted octanol–water partition coefficient (Wildman–Crippen LogP) is 2.10.